The van der Waals surface area contributed by atoms with E-state index in [4.69, 9.17) is 9.84 Å². The zero-order chi connectivity index (χ0) is 20.1. The number of carboxylic acid groups (broad SMARTS) is 1. The zero-order valence-electron chi connectivity index (χ0n) is 15.5. The van der Waals surface area contributed by atoms with Crippen LogP contribution in [0.1, 0.15) is 25.0 Å². The number of amides is 1. The van der Waals surface area contributed by atoms with Crippen LogP contribution in [0.4, 0.5) is 5.69 Å². The Kier molecular flexibility index (Phi) is 6.16. The van der Waals surface area contributed by atoms with Crippen LogP contribution in [-0.4, -0.2) is 28.3 Å². The second-order valence-electron chi connectivity index (χ2n) is 6.17. The number of hydrogen-bond donors (Lipinski definition) is 2. The summed E-state index contributed by atoms with van der Waals surface area (Å²) in [4.78, 5) is 28.0. The maximum Gasteiger partial charge on any atom is 0.344 e. The Bertz CT molecular complexity index is 934. The zero-order valence-corrected chi connectivity index (χ0v) is 16.3. The predicted molar refractivity (Wildman–Crippen MR) is 111 cm³/mol. The highest BCUT2D eigenvalue weighted by Gasteiger charge is 2.23. The molecule has 0 spiro atoms. The SMILES string of the molecule is CCc1ccc(N=C2NC(=O)/C(=C/c3ccc(O[C@@H](C)C(=O)O)cc3)S2)cc1. The minimum absolute atomic E-state index is 0.200. The van der Waals surface area contributed by atoms with Crippen LogP contribution in [0.5, 0.6) is 5.75 Å². The molecule has 1 saturated heterocycles. The van der Waals surface area contributed by atoms with Crippen LogP contribution >= 0.6 is 11.8 Å². The van der Waals surface area contributed by atoms with Crippen molar-refractivity contribution in [3.63, 3.8) is 0 Å². The molecular formula is C21H20N2O4S. The smallest absolute Gasteiger partial charge is 0.344 e. The molecule has 1 heterocycles. The van der Waals surface area contributed by atoms with Gasteiger partial charge in [0.15, 0.2) is 11.3 Å². The van der Waals surface area contributed by atoms with Crippen molar-refractivity contribution in [3.05, 3.63) is 64.6 Å². The van der Waals surface area contributed by atoms with E-state index in [1.54, 1.807) is 30.3 Å². The molecule has 3 rings (SSSR count). The number of aryl methyl sites for hydroxylation is 1. The summed E-state index contributed by atoms with van der Waals surface area (Å²) in [6.07, 6.45) is 1.80. The fourth-order valence-electron chi connectivity index (χ4n) is 2.45. The standard InChI is InChI=1S/C21H20N2O4S/c1-3-14-4-8-16(9-5-14)22-21-23-19(24)18(28-21)12-15-6-10-17(11-7-15)27-13(2)20(25)26/h4-13H,3H2,1-2H3,(H,25,26)(H,22,23,24)/b18-12-/t13-/m0/s1. The number of carbonyl (C=O) groups excluding carboxylic acids is 1. The molecule has 6 nitrogen and oxygen atoms in total. The van der Waals surface area contributed by atoms with Gasteiger partial charge in [-0.25, -0.2) is 9.79 Å². The number of benzene rings is 2. The Morgan fingerprint density at radius 1 is 1.21 bits per heavy atom. The van der Waals surface area contributed by atoms with Crippen LogP contribution in [0.15, 0.2) is 58.4 Å². The van der Waals surface area contributed by atoms with Gasteiger partial charge < -0.3 is 15.2 Å². The molecule has 0 aromatic heterocycles. The van der Waals surface area contributed by atoms with Gasteiger partial charge in [0.25, 0.3) is 5.91 Å². The number of aliphatic carboxylic acids is 1. The van der Waals surface area contributed by atoms with Crippen molar-refractivity contribution >= 4 is 40.6 Å². The summed E-state index contributed by atoms with van der Waals surface area (Å²) in [6.45, 7) is 3.56. The van der Waals surface area contributed by atoms with Crippen molar-refractivity contribution in [2.75, 3.05) is 0 Å². The molecule has 0 radical (unpaired) electrons. The molecule has 0 saturated carbocycles. The first kappa shape index (κ1) is 19.7. The van der Waals surface area contributed by atoms with Gasteiger partial charge in [-0.1, -0.05) is 31.2 Å². The van der Waals surface area contributed by atoms with Gasteiger partial charge in [0.1, 0.15) is 5.75 Å². The van der Waals surface area contributed by atoms with Gasteiger partial charge in [0.05, 0.1) is 10.6 Å². The van der Waals surface area contributed by atoms with Gasteiger partial charge >= 0.3 is 5.97 Å². The monoisotopic (exact) mass is 396 g/mol. The van der Waals surface area contributed by atoms with E-state index < -0.39 is 12.1 Å². The molecule has 1 fully saturated rings. The summed E-state index contributed by atoms with van der Waals surface area (Å²) in [7, 11) is 0. The number of thioether (sulfide) groups is 1. The lowest BCUT2D eigenvalue weighted by molar-refractivity contribution is -0.144. The average molecular weight is 396 g/mol. The van der Waals surface area contributed by atoms with E-state index in [1.807, 2.05) is 24.3 Å². The first-order valence-electron chi connectivity index (χ1n) is 8.82. The summed E-state index contributed by atoms with van der Waals surface area (Å²) in [5.41, 5.74) is 2.83. The largest absolute Gasteiger partial charge is 0.479 e. The first-order valence-corrected chi connectivity index (χ1v) is 9.64. The number of carboxylic acids is 1. The molecule has 0 bridgehead atoms. The van der Waals surface area contributed by atoms with Gasteiger partial charge in [0.2, 0.25) is 0 Å². The second kappa shape index (κ2) is 8.75. The third-order valence-corrected chi connectivity index (χ3v) is 4.97. The molecule has 2 N–H and O–H groups in total. The Labute approximate surface area is 167 Å². The molecular weight excluding hydrogens is 376 g/mol. The van der Waals surface area contributed by atoms with Crippen molar-refractivity contribution in [1.82, 2.24) is 5.32 Å². The van der Waals surface area contributed by atoms with Gasteiger partial charge in [-0.2, -0.15) is 0 Å². The average Bonchev–Trinajstić information content (AvgIpc) is 3.02. The maximum absolute atomic E-state index is 12.2. The lowest BCUT2D eigenvalue weighted by Gasteiger charge is -2.10. The van der Waals surface area contributed by atoms with Crippen molar-refractivity contribution in [2.45, 2.75) is 26.4 Å². The van der Waals surface area contributed by atoms with E-state index in [0.29, 0.717) is 15.8 Å². The van der Waals surface area contributed by atoms with E-state index in [1.165, 1.54) is 24.2 Å². The van der Waals surface area contributed by atoms with E-state index in [0.717, 1.165) is 17.7 Å². The van der Waals surface area contributed by atoms with Crippen molar-refractivity contribution < 1.29 is 19.4 Å². The molecule has 2 aromatic rings. The molecule has 0 unspecified atom stereocenters. The number of nitrogens with one attached hydrogen (secondary N) is 1. The number of rotatable bonds is 6. The molecule has 2 aromatic carbocycles. The van der Waals surface area contributed by atoms with E-state index in [-0.39, 0.29) is 5.91 Å². The van der Waals surface area contributed by atoms with E-state index in [9.17, 15) is 9.59 Å². The van der Waals surface area contributed by atoms with Crippen LogP contribution in [0.3, 0.4) is 0 Å². The summed E-state index contributed by atoms with van der Waals surface area (Å²) in [5.74, 6) is -0.770. The summed E-state index contributed by atoms with van der Waals surface area (Å²) in [6, 6.07) is 14.8. The lowest BCUT2D eigenvalue weighted by atomic mass is 10.2. The number of amidine groups is 1. The second-order valence-corrected chi connectivity index (χ2v) is 7.20. The summed E-state index contributed by atoms with van der Waals surface area (Å²) >= 11 is 1.28. The Hall–Kier alpha value is -3.06. The number of hydrogen-bond acceptors (Lipinski definition) is 5. The summed E-state index contributed by atoms with van der Waals surface area (Å²) in [5, 5.41) is 12.2. The van der Waals surface area contributed by atoms with Crippen LogP contribution < -0.4 is 10.1 Å². The topological polar surface area (TPSA) is 88.0 Å². The molecule has 7 heteroatoms. The molecule has 28 heavy (non-hydrogen) atoms. The number of aliphatic imine (C=N–C) groups is 1. The quantitative estimate of drug-likeness (QED) is 0.721. The molecule has 1 aliphatic rings. The van der Waals surface area contributed by atoms with Crippen molar-refractivity contribution in [2.24, 2.45) is 4.99 Å². The van der Waals surface area contributed by atoms with Gasteiger partial charge in [-0.05, 0) is 66.6 Å². The third-order valence-electron chi connectivity index (χ3n) is 4.06. The first-order chi connectivity index (χ1) is 13.4. The minimum Gasteiger partial charge on any atom is -0.479 e. The Morgan fingerprint density at radius 3 is 2.50 bits per heavy atom. The van der Waals surface area contributed by atoms with Crippen LogP contribution in [0.2, 0.25) is 0 Å². The molecule has 1 atom stereocenters. The highest BCUT2D eigenvalue weighted by atomic mass is 32.2. The van der Waals surface area contributed by atoms with Crippen LogP contribution in [-0.2, 0) is 16.0 Å². The highest BCUT2D eigenvalue weighted by molar-refractivity contribution is 8.18. The van der Waals surface area contributed by atoms with Crippen LogP contribution in [0.25, 0.3) is 6.08 Å². The molecule has 1 amide bonds. The maximum atomic E-state index is 12.2. The lowest BCUT2D eigenvalue weighted by Crippen LogP contribution is -2.22. The Balaban J connectivity index is 1.69. The normalized spacial score (nSPS) is 17.6. The Morgan fingerprint density at radius 2 is 1.89 bits per heavy atom. The molecule has 0 aliphatic carbocycles. The molecule has 144 valence electrons. The van der Waals surface area contributed by atoms with E-state index >= 15 is 0 Å². The van der Waals surface area contributed by atoms with Gasteiger partial charge in [-0.3, -0.25) is 4.79 Å². The molecule has 1 aliphatic heterocycles. The highest BCUT2D eigenvalue weighted by Crippen LogP contribution is 2.28. The van der Waals surface area contributed by atoms with Crippen molar-refractivity contribution in [3.8, 4) is 5.75 Å². The summed E-state index contributed by atoms with van der Waals surface area (Å²) < 4.78 is 5.30. The fraction of sp³-hybridized carbons (Fsp3) is 0.190. The third kappa shape index (κ3) is 5.01. The van der Waals surface area contributed by atoms with Crippen LogP contribution in [0, 0.1) is 0 Å². The van der Waals surface area contributed by atoms with E-state index in [2.05, 4.69) is 17.2 Å². The van der Waals surface area contributed by atoms with Gasteiger partial charge in [0, 0.05) is 0 Å². The minimum atomic E-state index is -1.03. The fourth-order valence-corrected chi connectivity index (χ4v) is 3.29. The van der Waals surface area contributed by atoms with Crippen molar-refractivity contribution in [1.29, 1.82) is 0 Å². The number of nitrogens with zero attached hydrogens (tertiary/aromatic N) is 1. The number of carbonyl (C=O) groups is 2. The van der Waals surface area contributed by atoms with Gasteiger partial charge in [-0.15, -0.1) is 0 Å². The predicted octanol–water partition coefficient (Wildman–Crippen LogP) is 3.99. The number of ether oxygens (including phenoxy) is 1.